The minimum absolute atomic E-state index is 0.0154. The fourth-order valence-electron chi connectivity index (χ4n) is 15.1. The number of hydrogen-bond acceptors (Lipinski definition) is 3. The van der Waals surface area contributed by atoms with E-state index in [4.69, 9.17) is 0 Å². The first-order valence-electron chi connectivity index (χ1n) is 26.7. The maximum Gasteiger partial charge on any atom is 0.252 e. The summed E-state index contributed by atoms with van der Waals surface area (Å²) in [4.78, 5) is 8.52. The minimum Gasteiger partial charge on any atom is -0.335 e. The van der Waals surface area contributed by atoms with Crippen LogP contribution in [-0.2, 0) is 21.7 Å². The van der Waals surface area contributed by atoms with Crippen molar-refractivity contribution in [2.24, 2.45) is 0 Å². The lowest BCUT2D eigenvalue weighted by Gasteiger charge is -2.54. The van der Waals surface area contributed by atoms with Gasteiger partial charge in [0.05, 0.1) is 16.8 Å². The van der Waals surface area contributed by atoms with Gasteiger partial charge in [-0.1, -0.05) is 184 Å². The van der Waals surface area contributed by atoms with Crippen LogP contribution in [0.25, 0.3) is 22.3 Å². The van der Waals surface area contributed by atoms with Crippen molar-refractivity contribution in [3.05, 3.63) is 168 Å². The quantitative estimate of drug-likeness (QED) is 0.163. The molecule has 0 amide bonds. The van der Waals surface area contributed by atoms with E-state index in [-0.39, 0.29) is 39.5 Å². The average molecular weight is 916 g/mol. The molecule has 4 unspecified atom stereocenters. The van der Waals surface area contributed by atoms with Crippen molar-refractivity contribution in [1.82, 2.24) is 0 Å². The van der Waals surface area contributed by atoms with Gasteiger partial charge < -0.3 is 14.7 Å². The average Bonchev–Trinajstić information content (AvgIpc) is 3.70. The first-order valence-corrected chi connectivity index (χ1v) is 26.7. The van der Waals surface area contributed by atoms with Gasteiger partial charge in [0.1, 0.15) is 0 Å². The van der Waals surface area contributed by atoms with Crippen LogP contribution >= 0.6 is 0 Å². The van der Waals surface area contributed by atoms with E-state index in [1.54, 1.807) is 5.56 Å². The summed E-state index contributed by atoms with van der Waals surface area (Å²) in [6.45, 7) is 24.7. The molecular formula is C66H70BN3. The zero-order chi connectivity index (χ0) is 48.3. The molecule has 2 saturated carbocycles. The van der Waals surface area contributed by atoms with Gasteiger partial charge in [0, 0.05) is 50.5 Å². The second-order valence-electron chi connectivity index (χ2n) is 25.2. The minimum atomic E-state index is -0.127. The van der Waals surface area contributed by atoms with Gasteiger partial charge in [-0.15, -0.1) is 0 Å². The maximum atomic E-state index is 2.94. The number of hydrogen-bond donors (Lipinski definition) is 0. The monoisotopic (exact) mass is 916 g/mol. The molecule has 70 heavy (non-hydrogen) atoms. The largest absolute Gasteiger partial charge is 0.335 e. The number of nitrogens with zero attached hydrogens (tertiary/aromatic N) is 3. The predicted molar refractivity (Wildman–Crippen MR) is 300 cm³/mol. The molecule has 352 valence electrons. The third-order valence-corrected chi connectivity index (χ3v) is 19.5. The van der Waals surface area contributed by atoms with Crippen LogP contribution in [0.1, 0.15) is 143 Å². The van der Waals surface area contributed by atoms with Crippen molar-refractivity contribution in [3.8, 4) is 22.3 Å². The van der Waals surface area contributed by atoms with E-state index in [9.17, 15) is 0 Å². The standard InChI is InChI=1S/C66H70BN3/c1-61(2,3)46-29-32-54(49(39-46)44-24-15-12-16-25-44)68-56-33-30-47(62(4,5)6)40-53(56)67-52-27-21-26-50-60(52)70(66(10)37-20-17-34-63(50,66)7)58-42-48(41-57(68)59(58)67)69-55-31-28-45(43-22-13-11-14-23-43)38-51(55)64(8)35-18-19-36-65(64,69)9/h11-16,21-33,38-42H,17-20,34-37H2,1-10H3. The van der Waals surface area contributed by atoms with Gasteiger partial charge in [-0.05, 0) is 148 Å². The normalized spacial score (nSPS) is 24.9. The van der Waals surface area contributed by atoms with E-state index >= 15 is 0 Å². The Morgan fingerprint density at radius 1 is 0.429 bits per heavy atom. The van der Waals surface area contributed by atoms with Crippen LogP contribution < -0.4 is 31.1 Å². The highest BCUT2D eigenvalue weighted by molar-refractivity contribution is 7.00. The molecule has 2 fully saturated rings. The first kappa shape index (κ1) is 44.0. The topological polar surface area (TPSA) is 9.72 Å². The molecule has 0 bridgehead atoms. The summed E-state index contributed by atoms with van der Waals surface area (Å²) in [7, 11) is 0. The second-order valence-corrected chi connectivity index (χ2v) is 25.2. The van der Waals surface area contributed by atoms with Crippen molar-refractivity contribution in [1.29, 1.82) is 0 Å². The zero-order valence-corrected chi connectivity index (χ0v) is 43.4. The molecule has 3 nitrogen and oxygen atoms in total. The molecule has 2 aliphatic carbocycles. The summed E-state index contributed by atoms with van der Waals surface area (Å²) in [6, 6.07) is 57.4. The molecule has 4 atom stereocenters. The van der Waals surface area contributed by atoms with Gasteiger partial charge >= 0.3 is 0 Å². The molecule has 7 aromatic carbocycles. The van der Waals surface area contributed by atoms with Gasteiger partial charge in [0.15, 0.2) is 0 Å². The van der Waals surface area contributed by atoms with Gasteiger partial charge in [-0.3, -0.25) is 0 Å². The van der Waals surface area contributed by atoms with E-state index in [0.29, 0.717) is 0 Å². The van der Waals surface area contributed by atoms with Crippen LogP contribution in [0.3, 0.4) is 0 Å². The molecule has 4 heterocycles. The summed E-state index contributed by atoms with van der Waals surface area (Å²) < 4.78 is 0. The molecule has 13 rings (SSSR count). The Morgan fingerprint density at radius 2 is 1.00 bits per heavy atom. The van der Waals surface area contributed by atoms with Crippen LogP contribution in [0.15, 0.2) is 146 Å². The number of anilines is 7. The lowest BCUT2D eigenvalue weighted by molar-refractivity contribution is 0.194. The van der Waals surface area contributed by atoms with Crippen LogP contribution in [0.5, 0.6) is 0 Å². The Morgan fingerprint density at radius 3 is 1.67 bits per heavy atom. The molecule has 0 saturated heterocycles. The zero-order valence-electron chi connectivity index (χ0n) is 43.4. The summed E-state index contributed by atoms with van der Waals surface area (Å²) in [5.74, 6) is 0. The summed E-state index contributed by atoms with van der Waals surface area (Å²) in [5.41, 5.74) is 24.4. The third-order valence-electron chi connectivity index (χ3n) is 19.5. The van der Waals surface area contributed by atoms with Gasteiger partial charge in [-0.25, -0.2) is 0 Å². The van der Waals surface area contributed by atoms with E-state index in [2.05, 4.69) is 230 Å². The van der Waals surface area contributed by atoms with Crippen molar-refractivity contribution >= 4 is 62.9 Å². The van der Waals surface area contributed by atoms with Crippen molar-refractivity contribution < 1.29 is 0 Å². The van der Waals surface area contributed by atoms with Crippen LogP contribution in [0, 0.1) is 0 Å². The van der Waals surface area contributed by atoms with E-state index in [0.717, 1.165) is 6.42 Å². The Bertz CT molecular complexity index is 3290. The van der Waals surface area contributed by atoms with E-state index in [1.807, 2.05) is 0 Å². The second kappa shape index (κ2) is 14.8. The lowest BCUT2D eigenvalue weighted by atomic mass is 9.33. The molecular weight excluding hydrogens is 846 g/mol. The highest BCUT2D eigenvalue weighted by atomic mass is 15.3. The molecule has 7 aromatic rings. The highest BCUT2D eigenvalue weighted by Crippen LogP contribution is 2.65. The van der Waals surface area contributed by atoms with Crippen molar-refractivity contribution in [2.75, 3.05) is 14.7 Å². The third kappa shape index (κ3) is 5.83. The molecule has 4 aliphatic heterocycles. The Hall–Kier alpha value is -6.00. The van der Waals surface area contributed by atoms with Gasteiger partial charge in [0.2, 0.25) is 0 Å². The molecule has 0 N–H and O–H groups in total. The Kier molecular flexibility index (Phi) is 9.29. The number of fused-ring (bicyclic) bond motifs is 10. The van der Waals surface area contributed by atoms with Crippen LogP contribution in [0.4, 0.5) is 39.8 Å². The fraction of sp³-hybridized carbons (Fsp3) is 0.364. The fourth-order valence-corrected chi connectivity index (χ4v) is 15.1. The molecule has 0 spiro atoms. The summed E-state index contributed by atoms with van der Waals surface area (Å²) >= 11 is 0. The van der Waals surface area contributed by atoms with Crippen molar-refractivity contribution in [3.63, 3.8) is 0 Å². The number of rotatable bonds is 4. The van der Waals surface area contributed by atoms with Gasteiger partial charge in [-0.2, -0.15) is 0 Å². The number of para-hydroxylation sites is 1. The van der Waals surface area contributed by atoms with E-state index < -0.39 is 0 Å². The Balaban J connectivity index is 1.15. The molecule has 0 aromatic heterocycles. The predicted octanol–water partition coefficient (Wildman–Crippen LogP) is 15.7. The summed E-state index contributed by atoms with van der Waals surface area (Å²) in [5, 5.41) is 0. The number of benzene rings is 7. The van der Waals surface area contributed by atoms with E-state index in [1.165, 1.54) is 140 Å². The summed E-state index contributed by atoms with van der Waals surface area (Å²) in [6.07, 6.45) is 9.72. The SMILES string of the molecule is CC(C)(C)c1ccc2c(c1)B1c3cccc4c3N(c3cc(N5c6ccc(-c7ccccc7)cc6C6(C)CCCCC56C)cc(c31)N2c1ccc(C(C)(C)C)cc1-c1ccccc1)C1(C)CCCCC41C. The maximum absolute atomic E-state index is 2.94. The Labute approximate surface area is 419 Å². The highest BCUT2D eigenvalue weighted by Gasteiger charge is 2.62. The smallest absolute Gasteiger partial charge is 0.252 e. The van der Waals surface area contributed by atoms with Crippen molar-refractivity contribution in [2.45, 2.75) is 153 Å². The molecule has 6 aliphatic rings. The van der Waals surface area contributed by atoms with Gasteiger partial charge in [0.25, 0.3) is 6.71 Å². The lowest BCUT2D eigenvalue weighted by Crippen LogP contribution is -2.64. The molecule has 0 radical (unpaired) electrons. The van der Waals surface area contributed by atoms with Crippen LogP contribution in [0.2, 0.25) is 0 Å². The first-order chi connectivity index (χ1) is 33.5. The molecule has 4 heteroatoms. The van der Waals surface area contributed by atoms with Crippen LogP contribution in [-0.4, -0.2) is 17.8 Å².